The number of benzene rings is 1. The van der Waals surface area contributed by atoms with E-state index in [-0.39, 0.29) is 62.9 Å². The van der Waals surface area contributed by atoms with Crippen LogP contribution in [0.5, 0.6) is 5.75 Å². The number of phenols is 1. The van der Waals surface area contributed by atoms with Crippen molar-refractivity contribution >= 4 is 42.0 Å². The largest absolute Gasteiger partial charge is 0.507 e. The molecule has 0 aliphatic heterocycles. The first kappa shape index (κ1) is 47.0. The van der Waals surface area contributed by atoms with E-state index >= 15 is 0 Å². The van der Waals surface area contributed by atoms with Gasteiger partial charge in [0.05, 0.1) is 5.92 Å². The number of nitrogens with one attached hydrogen (secondary N) is 4. The number of aromatic hydroxyl groups is 1. The minimum absolute atomic E-state index is 0.0291. The smallest absolute Gasteiger partial charge is 0.342 e. The van der Waals surface area contributed by atoms with Crippen LogP contribution >= 0.6 is 0 Å². The molecule has 4 amide bonds. The Bertz CT molecular complexity index is 1370. The quantitative estimate of drug-likeness (QED) is 0.0112. The molecule has 20 nitrogen and oxygen atoms in total. The number of hydrogen-bond donors (Lipinski definition) is 10. The van der Waals surface area contributed by atoms with Crippen LogP contribution in [0, 0.1) is 11.3 Å². The Morgan fingerprint density at radius 2 is 1.50 bits per heavy atom. The number of guanidine groups is 1. The topological polar surface area (TPSA) is 314 Å². The van der Waals surface area contributed by atoms with E-state index in [2.05, 4.69) is 17.6 Å². The number of para-hydroxylation sites is 1. The van der Waals surface area contributed by atoms with E-state index in [1.807, 2.05) is 0 Å². The molecular weight excluding hydrogens is 714 g/mol. The number of hydrogen-bond acceptors (Lipinski definition) is 14. The molecule has 54 heavy (non-hydrogen) atoms. The molecule has 20 heteroatoms. The van der Waals surface area contributed by atoms with Crippen molar-refractivity contribution in [2.75, 3.05) is 19.7 Å². The Balaban J connectivity index is 3.16. The first-order valence-corrected chi connectivity index (χ1v) is 17.8. The number of carbonyl (C=O) groups excluding carboxylic acids is 6. The van der Waals surface area contributed by atoms with Crippen LogP contribution in [-0.2, 0) is 33.4 Å². The lowest BCUT2D eigenvalue weighted by atomic mass is 9.96. The summed E-state index contributed by atoms with van der Waals surface area (Å²) in [6.07, 6.45) is 2.21. The highest BCUT2D eigenvalue weighted by Crippen LogP contribution is 2.20. The number of aliphatic hydroxyl groups is 1. The first-order chi connectivity index (χ1) is 25.7. The average molecular weight is 770 g/mol. The van der Waals surface area contributed by atoms with Crippen LogP contribution in [0.1, 0.15) is 94.8 Å². The second-order valence-electron chi connectivity index (χ2n) is 12.6. The molecule has 1 aromatic rings. The van der Waals surface area contributed by atoms with Crippen LogP contribution in [0.25, 0.3) is 0 Å². The zero-order valence-corrected chi connectivity index (χ0v) is 30.6. The molecule has 0 radical (unpaired) electrons. The second-order valence-corrected chi connectivity index (χ2v) is 12.6. The van der Waals surface area contributed by atoms with Gasteiger partial charge in [0.15, 0.2) is 6.10 Å². The summed E-state index contributed by atoms with van der Waals surface area (Å²) >= 11 is 0. The number of ether oxygens (including phenoxy) is 2. The SMILES string of the molecule is CCCCCCCC[C@H](OC(=O)[C@H](CCCN(O)C=O)NC(=O)[C@H](O)COC(=O)c1ccccc1O)[C@H](C)C(=O)N[C@H](CCCN(O)C(=N)N)C(=O)NO. The third-order valence-electron chi connectivity index (χ3n) is 8.37. The minimum atomic E-state index is -1.97. The summed E-state index contributed by atoms with van der Waals surface area (Å²) < 4.78 is 10.7. The summed E-state index contributed by atoms with van der Waals surface area (Å²) in [6, 6.07) is 2.69. The van der Waals surface area contributed by atoms with Crippen molar-refractivity contribution in [2.45, 2.75) is 109 Å². The summed E-state index contributed by atoms with van der Waals surface area (Å²) in [7, 11) is 0. The van der Waals surface area contributed by atoms with E-state index in [1.54, 1.807) is 0 Å². The zero-order valence-electron chi connectivity index (χ0n) is 30.6. The Morgan fingerprint density at radius 3 is 2.13 bits per heavy atom. The van der Waals surface area contributed by atoms with Crippen LogP contribution in [0.2, 0.25) is 0 Å². The van der Waals surface area contributed by atoms with E-state index in [0.717, 1.165) is 32.1 Å². The Labute approximate surface area is 313 Å². The van der Waals surface area contributed by atoms with Gasteiger partial charge in [0.2, 0.25) is 18.3 Å². The van der Waals surface area contributed by atoms with E-state index in [4.69, 9.17) is 20.6 Å². The standard InChI is InChI=1S/C34H55N7O13/c1-3-4-5-6-7-8-17-28(22(2)29(45)37-24(30(46)39-50)14-12-19-41(52)34(35)36)54-33(49)25(15-11-18-40(51)21-42)38-31(47)27(44)20-53-32(48)23-13-9-10-16-26(23)43/h9-10,13,16,21-22,24-25,27-28,43-44,50-52H,3-8,11-12,14-15,17-20H2,1-2H3,(H3,35,36)(H,37,45)(H,38,47)(H,39,46)/t22-,24+,25-,27+,28-/m0/s1. The van der Waals surface area contributed by atoms with Gasteiger partial charge in [-0.2, -0.15) is 0 Å². The lowest BCUT2D eigenvalue weighted by Gasteiger charge is -2.28. The summed E-state index contributed by atoms with van der Waals surface area (Å²) in [5, 5.41) is 61.5. The van der Waals surface area contributed by atoms with Crippen molar-refractivity contribution in [1.82, 2.24) is 26.2 Å². The highest BCUT2D eigenvalue weighted by Gasteiger charge is 2.34. The van der Waals surface area contributed by atoms with E-state index in [9.17, 15) is 54.6 Å². The molecule has 0 fully saturated rings. The third kappa shape index (κ3) is 17.6. The number of hydroxylamine groups is 5. The third-order valence-corrected chi connectivity index (χ3v) is 8.37. The number of aliphatic hydroxyl groups excluding tert-OH is 1. The highest BCUT2D eigenvalue weighted by molar-refractivity contribution is 5.93. The van der Waals surface area contributed by atoms with Gasteiger partial charge in [0, 0.05) is 13.1 Å². The maximum absolute atomic E-state index is 13.6. The van der Waals surface area contributed by atoms with Crippen molar-refractivity contribution in [3.05, 3.63) is 29.8 Å². The van der Waals surface area contributed by atoms with Gasteiger partial charge in [-0.3, -0.25) is 40.2 Å². The first-order valence-electron chi connectivity index (χ1n) is 17.8. The molecule has 5 atom stereocenters. The van der Waals surface area contributed by atoms with Crippen LogP contribution < -0.4 is 21.8 Å². The lowest BCUT2D eigenvalue weighted by Crippen LogP contribution is -2.51. The number of esters is 2. The van der Waals surface area contributed by atoms with Crippen LogP contribution in [0.15, 0.2) is 24.3 Å². The van der Waals surface area contributed by atoms with E-state index < -0.39 is 72.4 Å². The van der Waals surface area contributed by atoms with Crippen molar-refractivity contribution in [2.24, 2.45) is 11.7 Å². The molecule has 11 N–H and O–H groups in total. The monoisotopic (exact) mass is 769 g/mol. The van der Waals surface area contributed by atoms with Crippen LogP contribution in [0.4, 0.5) is 0 Å². The highest BCUT2D eigenvalue weighted by atomic mass is 16.6. The summed E-state index contributed by atoms with van der Waals surface area (Å²) in [6.45, 7) is 2.28. The minimum Gasteiger partial charge on any atom is -0.507 e. The normalized spacial score (nSPS) is 13.6. The van der Waals surface area contributed by atoms with Gasteiger partial charge in [-0.1, -0.05) is 58.1 Å². The van der Waals surface area contributed by atoms with Crippen molar-refractivity contribution in [1.29, 1.82) is 5.41 Å². The fourth-order valence-corrected chi connectivity index (χ4v) is 5.13. The molecule has 0 aliphatic carbocycles. The molecule has 0 aromatic heterocycles. The number of nitrogens with zero attached hydrogens (tertiary/aromatic N) is 2. The fraction of sp³-hybridized carbons (Fsp3) is 0.618. The number of amides is 4. The molecule has 304 valence electrons. The van der Waals surface area contributed by atoms with E-state index in [0.29, 0.717) is 16.5 Å². The van der Waals surface area contributed by atoms with Crippen molar-refractivity contribution in [3.8, 4) is 5.75 Å². The Hall–Kier alpha value is -5.05. The van der Waals surface area contributed by atoms with Gasteiger partial charge in [0.1, 0.15) is 36.1 Å². The number of rotatable bonds is 27. The molecule has 0 heterocycles. The number of unbranched alkanes of at least 4 members (excludes halogenated alkanes) is 5. The molecule has 0 saturated heterocycles. The Kier molecular flexibility index (Phi) is 22.5. The molecule has 0 unspecified atom stereocenters. The van der Waals surface area contributed by atoms with Crippen LogP contribution in [-0.4, -0.2) is 122 Å². The number of carbonyl (C=O) groups is 6. The van der Waals surface area contributed by atoms with Gasteiger partial charge in [-0.25, -0.2) is 25.2 Å². The molecule has 1 aromatic carbocycles. The van der Waals surface area contributed by atoms with Gasteiger partial charge in [-0.05, 0) is 50.7 Å². The summed E-state index contributed by atoms with van der Waals surface area (Å²) in [5.41, 5.74) is 6.46. The molecule has 0 saturated carbocycles. The maximum atomic E-state index is 13.6. The molecule has 0 spiro atoms. The molecule has 1 rings (SSSR count). The molecule has 0 aliphatic rings. The molecular formula is C34H55N7O13. The number of nitrogens with two attached hydrogens (primary N) is 1. The van der Waals surface area contributed by atoms with Gasteiger partial charge in [-0.15, -0.1) is 0 Å². The van der Waals surface area contributed by atoms with Crippen LogP contribution in [0.3, 0.4) is 0 Å². The summed E-state index contributed by atoms with van der Waals surface area (Å²) in [4.78, 5) is 75.6. The number of phenolic OH excluding ortho intramolecular Hbond substituents is 1. The van der Waals surface area contributed by atoms with Gasteiger partial charge >= 0.3 is 11.9 Å². The Morgan fingerprint density at radius 1 is 0.889 bits per heavy atom. The molecule has 0 bridgehead atoms. The van der Waals surface area contributed by atoms with Crippen molar-refractivity contribution < 1.29 is 64.1 Å². The van der Waals surface area contributed by atoms with Gasteiger partial charge in [0.25, 0.3) is 11.8 Å². The maximum Gasteiger partial charge on any atom is 0.342 e. The van der Waals surface area contributed by atoms with E-state index in [1.165, 1.54) is 36.7 Å². The van der Waals surface area contributed by atoms with Gasteiger partial charge < -0.3 is 36.1 Å². The second kappa shape index (κ2) is 25.8. The lowest BCUT2D eigenvalue weighted by molar-refractivity contribution is -0.159. The van der Waals surface area contributed by atoms with Crippen molar-refractivity contribution in [3.63, 3.8) is 0 Å². The predicted molar refractivity (Wildman–Crippen MR) is 189 cm³/mol. The average Bonchev–Trinajstić information content (AvgIpc) is 3.15. The fourth-order valence-electron chi connectivity index (χ4n) is 5.13. The zero-order chi connectivity index (χ0) is 40.6. The predicted octanol–water partition coefficient (Wildman–Crippen LogP) is 0.676. The summed E-state index contributed by atoms with van der Waals surface area (Å²) in [5.74, 6) is -6.98.